The molecule has 0 saturated heterocycles. The summed E-state index contributed by atoms with van der Waals surface area (Å²) in [5.74, 6) is 0. The normalized spacial score (nSPS) is 12.1. The highest BCUT2D eigenvalue weighted by Gasteiger charge is 2.30. The average molecular weight is 422 g/mol. The first kappa shape index (κ1) is 19.5. The van der Waals surface area contributed by atoms with Crippen LogP contribution in [0.3, 0.4) is 0 Å². The van der Waals surface area contributed by atoms with Crippen LogP contribution >= 0.6 is 11.6 Å². The first-order chi connectivity index (χ1) is 12.6. The Morgan fingerprint density at radius 1 is 0.889 bits per heavy atom. The molecule has 0 aliphatic rings. The number of pyridine rings is 1. The second kappa shape index (κ2) is 7.07. The third-order valence-corrected chi connectivity index (χ3v) is 7.28. The molecule has 5 nitrogen and oxygen atoms in total. The number of benzene rings is 2. The van der Waals surface area contributed by atoms with E-state index >= 15 is 0 Å². The van der Waals surface area contributed by atoms with Gasteiger partial charge in [0, 0.05) is 16.8 Å². The van der Waals surface area contributed by atoms with E-state index in [9.17, 15) is 16.8 Å². The van der Waals surface area contributed by atoms with Crippen LogP contribution < -0.4 is 0 Å². The molecule has 0 aliphatic carbocycles. The molecule has 0 radical (unpaired) electrons. The summed E-state index contributed by atoms with van der Waals surface area (Å²) in [6.45, 7) is 1.56. The lowest BCUT2D eigenvalue weighted by Crippen LogP contribution is -2.14. The maximum atomic E-state index is 13.2. The second-order valence-corrected chi connectivity index (χ2v) is 10.3. The number of rotatable bonds is 4. The van der Waals surface area contributed by atoms with Crippen LogP contribution in [0, 0.1) is 6.92 Å². The van der Waals surface area contributed by atoms with Gasteiger partial charge in [-0.1, -0.05) is 41.9 Å². The minimum atomic E-state index is -4.17. The van der Waals surface area contributed by atoms with Gasteiger partial charge >= 0.3 is 0 Å². The van der Waals surface area contributed by atoms with Crippen LogP contribution in [-0.2, 0) is 19.7 Å². The minimum Gasteiger partial charge on any atom is -0.235 e. The van der Waals surface area contributed by atoms with Gasteiger partial charge in [0.15, 0.2) is 14.9 Å². The molecule has 0 atom stereocenters. The van der Waals surface area contributed by atoms with E-state index in [1.807, 2.05) is 6.07 Å². The van der Waals surface area contributed by atoms with E-state index < -0.39 is 24.7 Å². The predicted molar refractivity (Wildman–Crippen MR) is 104 cm³/mol. The van der Waals surface area contributed by atoms with Gasteiger partial charge in [0.25, 0.3) is 0 Å². The lowest BCUT2D eigenvalue weighted by atomic mass is 10.1. The van der Waals surface area contributed by atoms with Gasteiger partial charge in [-0.3, -0.25) is 0 Å². The van der Waals surface area contributed by atoms with Gasteiger partial charge in [-0.25, -0.2) is 21.8 Å². The minimum absolute atomic E-state index is 0.0751. The zero-order chi connectivity index (χ0) is 19.8. The Kier molecular flexibility index (Phi) is 5.12. The highest BCUT2D eigenvalue weighted by molar-refractivity contribution is 7.94. The van der Waals surface area contributed by atoms with Crippen LogP contribution in [-0.4, -0.2) is 28.1 Å². The Morgan fingerprint density at radius 2 is 1.48 bits per heavy atom. The fourth-order valence-electron chi connectivity index (χ4n) is 2.75. The van der Waals surface area contributed by atoms with Crippen molar-refractivity contribution < 1.29 is 16.8 Å². The third kappa shape index (κ3) is 3.90. The van der Waals surface area contributed by atoms with E-state index in [-0.39, 0.29) is 9.79 Å². The molecule has 0 bridgehead atoms. The van der Waals surface area contributed by atoms with Gasteiger partial charge in [-0.2, -0.15) is 0 Å². The quantitative estimate of drug-likeness (QED) is 0.637. The Morgan fingerprint density at radius 3 is 2.04 bits per heavy atom. The van der Waals surface area contributed by atoms with Crippen molar-refractivity contribution >= 4 is 31.3 Å². The molecule has 3 aromatic rings. The van der Waals surface area contributed by atoms with Gasteiger partial charge < -0.3 is 0 Å². The molecule has 1 heterocycles. The molecule has 0 amide bonds. The van der Waals surface area contributed by atoms with E-state index in [0.29, 0.717) is 21.8 Å². The van der Waals surface area contributed by atoms with E-state index in [2.05, 4.69) is 4.98 Å². The summed E-state index contributed by atoms with van der Waals surface area (Å²) in [4.78, 5) is 3.87. The lowest BCUT2D eigenvalue weighted by molar-refractivity contribution is 0.579. The van der Waals surface area contributed by atoms with Gasteiger partial charge in [0.1, 0.15) is 4.90 Å². The predicted octanol–water partition coefficient (Wildman–Crippen LogP) is 3.95. The molecule has 8 heteroatoms. The van der Waals surface area contributed by atoms with Crippen molar-refractivity contribution in [1.82, 2.24) is 4.98 Å². The number of hydrogen-bond donors (Lipinski definition) is 0. The fraction of sp³-hybridized carbons (Fsp3) is 0.105. The van der Waals surface area contributed by atoms with Crippen molar-refractivity contribution in [3.8, 4) is 11.3 Å². The highest BCUT2D eigenvalue weighted by Crippen LogP contribution is 2.32. The Balaban J connectivity index is 2.35. The Hall–Kier alpha value is -2.22. The molecule has 3 rings (SSSR count). The Bertz CT molecular complexity index is 1200. The van der Waals surface area contributed by atoms with Crippen molar-refractivity contribution in [3.63, 3.8) is 0 Å². The standard InChI is InChI=1S/C19H16ClNO4S2/c1-13-12-17(14-6-4-3-5-7-14)21-19(18(13)26(2,22)23)27(24,25)16-10-8-15(20)9-11-16/h3-12H,1-2H3. The molecule has 1 aromatic heterocycles. The summed E-state index contributed by atoms with van der Waals surface area (Å²) in [6.07, 6.45) is 0.972. The number of aryl methyl sites for hydroxylation is 1. The maximum Gasteiger partial charge on any atom is 0.225 e. The molecule has 27 heavy (non-hydrogen) atoms. The summed E-state index contributed by atoms with van der Waals surface area (Å²) in [5, 5.41) is -0.106. The molecule has 0 unspecified atom stereocenters. The van der Waals surface area contributed by atoms with Crippen LogP contribution in [0.5, 0.6) is 0 Å². The number of nitrogens with zero attached hydrogens (tertiary/aromatic N) is 1. The zero-order valence-corrected chi connectivity index (χ0v) is 16.9. The lowest BCUT2D eigenvalue weighted by Gasteiger charge is -2.14. The molecule has 0 saturated carbocycles. The van der Waals surface area contributed by atoms with Crippen molar-refractivity contribution in [2.45, 2.75) is 21.7 Å². The smallest absolute Gasteiger partial charge is 0.225 e. The average Bonchev–Trinajstić information content (AvgIpc) is 2.61. The summed E-state index contributed by atoms with van der Waals surface area (Å²) in [6, 6.07) is 16.1. The maximum absolute atomic E-state index is 13.2. The van der Waals surface area contributed by atoms with Crippen LogP contribution in [0.2, 0.25) is 5.02 Å². The van der Waals surface area contributed by atoms with Gasteiger partial charge in [0.2, 0.25) is 9.84 Å². The topological polar surface area (TPSA) is 81.2 Å². The number of sulfone groups is 2. The van der Waals surface area contributed by atoms with Gasteiger partial charge in [0.05, 0.1) is 10.6 Å². The van der Waals surface area contributed by atoms with Crippen LogP contribution in [0.15, 0.2) is 75.5 Å². The van der Waals surface area contributed by atoms with E-state index in [4.69, 9.17) is 11.6 Å². The number of aromatic nitrogens is 1. The third-order valence-electron chi connectivity index (χ3n) is 3.95. The molecule has 0 N–H and O–H groups in total. The van der Waals surface area contributed by atoms with Gasteiger partial charge in [-0.15, -0.1) is 0 Å². The van der Waals surface area contributed by atoms with Crippen molar-refractivity contribution in [1.29, 1.82) is 0 Å². The van der Waals surface area contributed by atoms with Crippen molar-refractivity contribution in [2.24, 2.45) is 0 Å². The van der Waals surface area contributed by atoms with Crippen LogP contribution in [0.1, 0.15) is 5.56 Å². The summed E-state index contributed by atoms with van der Waals surface area (Å²) >= 11 is 5.84. The summed E-state index contributed by atoms with van der Waals surface area (Å²) in [7, 11) is -8.00. The highest BCUT2D eigenvalue weighted by atomic mass is 35.5. The fourth-order valence-corrected chi connectivity index (χ4v) is 6.00. The summed E-state index contributed by atoms with van der Waals surface area (Å²) in [5.41, 5.74) is 1.39. The number of halogens is 1. The molecule has 0 aliphatic heterocycles. The van der Waals surface area contributed by atoms with Crippen molar-refractivity contribution in [2.75, 3.05) is 6.26 Å². The summed E-state index contributed by atoms with van der Waals surface area (Å²) < 4.78 is 51.0. The molecule has 0 fully saturated rings. The monoisotopic (exact) mass is 421 g/mol. The molecule has 140 valence electrons. The van der Waals surface area contributed by atoms with E-state index in [1.54, 1.807) is 37.3 Å². The first-order valence-electron chi connectivity index (χ1n) is 7.88. The largest absolute Gasteiger partial charge is 0.235 e. The molecule has 2 aromatic carbocycles. The molecular formula is C19H16ClNO4S2. The van der Waals surface area contributed by atoms with E-state index in [0.717, 1.165) is 6.26 Å². The molecule has 0 spiro atoms. The number of hydrogen-bond acceptors (Lipinski definition) is 5. The Labute approximate surface area is 163 Å². The second-order valence-electron chi connectivity index (χ2n) is 6.05. The zero-order valence-electron chi connectivity index (χ0n) is 14.5. The molecular weight excluding hydrogens is 406 g/mol. The SMILES string of the molecule is Cc1cc(-c2ccccc2)nc(S(=O)(=O)c2ccc(Cl)cc2)c1S(C)(=O)=O. The first-order valence-corrected chi connectivity index (χ1v) is 11.6. The van der Waals surface area contributed by atoms with Crippen LogP contribution in [0.25, 0.3) is 11.3 Å². The van der Waals surface area contributed by atoms with Crippen LogP contribution in [0.4, 0.5) is 0 Å². The van der Waals surface area contributed by atoms with E-state index in [1.165, 1.54) is 24.3 Å². The van der Waals surface area contributed by atoms with Gasteiger partial charge in [-0.05, 0) is 42.8 Å². The van der Waals surface area contributed by atoms with Crippen molar-refractivity contribution in [3.05, 3.63) is 71.2 Å².